The zero-order valence-corrected chi connectivity index (χ0v) is 10.9. The Hall–Kier alpha value is -1.63. The van der Waals surface area contributed by atoms with E-state index in [-0.39, 0.29) is 17.8 Å². The minimum absolute atomic E-state index is 0.103. The molecule has 17 heavy (non-hydrogen) atoms. The summed E-state index contributed by atoms with van der Waals surface area (Å²) in [5, 5.41) is 12.2. The minimum Gasteiger partial charge on any atom is -0.409 e. The van der Waals surface area contributed by atoms with E-state index in [0.717, 1.165) is 5.01 Å². The van der Waals surface area contributed by atoms with E-state index < -0.39 is 0 Å². The Bertz CT molecular complexity index is 430. The maximum absolute atomic E-state index is 12.0. The SMILES string of the molecule is Cc1ncc(C(=O)N(C)C(C)CC(N)=NO)s1. The second kappa shape index (κ2) is 5.62. The van der Waals surface area contributed by atoms with Crippen molar-refractivity contribution in [2.75, 3.05) is 7.05 Å². The number of thiazole rings is 1. The van der Waals surface area contributed by atoms with Crippen LogP contribution in [0.5, 0.6) is 0 Å². The highest BCUT2D eigenvalue weighted by Gasteiger charge is 2.20. The molecule has 0 aliphatic carbocycles. The number of carbonyl (C=O) groups excluding carboxylic acids is 1. The van der Waals surface area contributed by atoms with Crippen molar-refractivity contribution in [3.63, 3.8) is 0 Å². The van der Waals surface area contributed by atoms with Crippen molar-refractivity contribution in [2.24, 2.45) is 10.9 Å². The average molecular weight is 256 g/mol. The van der Waals surface area contributed by atoms with Gasteiger partial charge < -0.3 is 15.8 Å². The van der Waals surface area contributed by atoms with Gasteiger partial charge in [-0.05, 0) is 13.8 Å². The number of aryl methyl sites for hydroxylation is 1. The summed E-state index contributed by atoms with van der Waals surface area (Å²) in [6, 6.07) is -0.138. The first-order valence-electron chi connectivity index (χ1n) is 5.11. The zero-order chi connectivity index (χ0) is 13.0. The van der Waals surface area contributed by atoms with Crippen LogP contribution in [0.15, 0.2) is 11.4 Å². The van der Waals surface area contributed by atoms with E-state index in [1.165, 1.54) is 11.3 Å². The number of nitrogens with zero attached hydrogens (tertiary/aromatic N) is 3. The molecule has 1 amide bonds. The first-order valence-corrected chi connectivity index (χ1v) is 5.93. The number of nitrogens with two attached hydrogens (primary N) is 1. The highest BCUT2D eigenvalue weighted by atomic mass is 32.1. The van der Waals surface area contributed by atoms with Gasteiger partial charge in [-0.2, -0.15) is 0 Å². The van der Waals surface area contributed by atoms with Crippen LogP contribution in [0.4, 0.5) is 0 Å². The first kappa shape index (κ1) is 13.4. The van der Waals surface area contributed by atoms with Crippen LogP contribution in [0.25, 0.3) is 0 Å². The molecular formula is C10H16N4O2S. The van der Waals surface area contributed by atoms with Gasteiger partial charge in [0.1, 0.15) is 10.7 Å². The normalized spacial score (nSPS) is 13.5. The fourth-order valence-electron chi connectivity index (χ4n) is 1.31. The topological polar surface area (TPSA) is 91.8 Å². The Morgan fingerprint density at radius 3 is 2.88 bits per heavy atom. The molecular weight excluding hydrogens is 240 g/mol. The van der Waals surface area contributed by atoms with Crippen molar-refractivity contribution in [1.82, 2.24) is 9.88 Å². The number of rotatable bonds is 4. The van der Waals surface area contributed by atoms with Gasteiger partial charge in [0.15, 0.2) is 0 Å². The lowest BCUT2D eigenvalue weighted by molar-refractivity contribution is 0.0752. The lowest BCUT2D eigenvalue weighted by Gasteiger charge is -2.23. The third-order valence-corrected chi connectivity index (χ3v) is 3.35. The Labute approximate surface area is 104 Å². The zero-order valence-electron chi connectivity index (χ0n) is 10.0. The lowest BCUT2D eigenvalue weighted by Crippen LogP contribution is -2.37. The first-order chi connectivity index (χ1) is 7.95. The third kappa shape index (κ3) is 3.42. The van der Waals surface area contributed by atoms with Gasteiger partial charge in [0.2, 0.25) is 0 Å². The predicted octanol–water partition coefficient (Wildman–Crippen LogP) is 1.05. The van der Waals surface area contributed by atoms with Gasteiger partial charge in [-0.3, -0.25) is 4.79 Å². The van der Waals surface area contributed by atoms with Crippen LogP contribution in [0.2, 0.25) is 0 Å². The van der Waals surface area contributed by atoms with Crippen LogP contribution < -0.4 is 5.73 Å². The molecule has 1 atom stereocenters. The van der Waals surface area contributed by atoms with Gasteiger partial charge in [-0.25, -0.2) is 4.98 Å². The van der Waals surface area contributed by atoms with Crippen molar-refractivity contribution in [1.29, 1.82) is 0 Å². The fraction of sp³-hybridized carbons (Fsp3) is 0.500. The average Bonchev–Trinajstić information content (AvgIpc) is 2.73. The largest absolute Gasteiger partial charge is 0.409 e. The molecule has 0 aromatic carbocycles. The van der Waals surface area contributed by atoms with E-state index in [9.17, 15) is 4.79 Å². The summed E-state index contributed by atoms with van der Waals surface area (Å²) >= 11 is 1.35. The van der Waals surface area contributed by atoms with E-state index in [0.29, 0.717) is 11.3 Å². The summed E-state index contributed by atoms with van der Waals surface area (Å²) in [5.74, 6) is 0.00600. The fourth-order valence-corrected chi connectivity index (χ4v) is 2.08. The van der Waals surface area contributed by atoms with E-state index in [1.807, 2.05) is 13.8 Å². The Morgan fingerprint density at radius 1 is 1.76 bits per heavy atom. The number of hydrogen-bond acceptors (Lipinski definition) is 5. The molecule has 1 aromatic rings. The summed E-state index contributed by atoms with van der Waals surface area (Å²) < 4.78 is 0. The van der Waals surface area contributed by atoms with E-state index in [2.05, 4.69) is 10.1 Å². The lowest BCUT2D eigenvalue weighted by atomic mass is 10.2. The van der Waals surface area contributed by atoms with E-state index >= 15 is 0 Å². The molecule has 1 aromatic heterocycles. The molecule has 0 saturated carbocycles. The number of hydrogen-bond donors (Lipinski definition) is 2. The van der Waals surface area contributed by atoms with E-state index in [4.69, 9.17) is 10.9 Å². The summed E-state index contributed by atoms with van der Waals surface area (Å²) in [4.78, 5) is 18.2. The van der Waals surface area contributed by atoms with Crippen LogP contribution in [0.3, 0.4) is 0 Å². The molecule has 7 heteroatoms. The van der Waals surface area contributed by atoms with E-state index in [1.54, 1.807) is 18.1 Å². The minimum atomic E-state index is -0.138. The predicted molar refractivity (Wildman–Crippen MR) is 66.4 cm³/mol. The highest BCUT2D eigenvalue weighted by Crippen LogP contribution is 2.15. The smallest absolute Gasteiger partial charge is 0.265 e. The Morgan fingerprint density at radius 2 is 2.41 bits per heavy atom. The number of oxime groups is 1. The molecule has 94 valence electrons. The van der Waals surface area contributed by atoms with Crippen molar-refractivity contribution >= 4 is 23.1 Å². The molecule has 0 radical (unpaired) electrons. The molecule has 0 aliphatic rings. The van der Waals surface area contributed by atoms with Crippen LogP contribution in [0, 0.1) is 6.92 Å². The Balaban J connectivity index is 2.69. The molecule has 1 unspecified atom stereocenters. The molecule has 0 fully saturated rings. The number of amides is 1. The number of aromatic nitrogens is 1. The van der Waals surface area contributed by atoms with Gasteiger partial charge in [-0.1, -0.05) is 5.16 Å². The monoisotopic (exact) mass is 256 g/mol. The molecule has 0 bridgehead atoms. The van der Waals surface area contributed by atoms with Gasteiger partial charge in [0.25, 0.3) is 5.91 Å². The van der Waals surface area contributed by atoms with Crippen molar-refractivity contribution in [3.8, 4) is 0 Å². The van der Waals surface area contributed by atoms with Gasteiger partial charge in [0, 0.05) is 19.5 Å². The van der Waals surface area contributed by atoms with Gasteiger partial charge in [-0.15, -0.1) is 11.3 Å². The maximum Gasteiger partial charge on any atom is 0.265 e. The molecule has 3 N–H and O–H groups in total. The third-order valence-electron chi connectivity index (χ3n) is 2.45. The number of amidine groups is 1. The van der Waals surface area contributed by atoms with Crippen molar-refractivity contribution in [3.05, 3.63) is 16.1 Å². The van der Waals surface area contributed by atoms with Gasteiger partial charge in [0.05, 0.1) is 11.2 Å². The van der Waals surface area contributed by atoms with Crippen LogP contribution in [0.1, 0.15) is 28.0 Å². The van der Waals surface area contributed by atoms with Crippen LogP contribution >= 0.6 is 11.3 Å². The van der Waals surface area contributed by atoms with Crippen LogP contribution in [-0.4, -0.2) is 39.9 Å². The summed E-state index contributed by atoms with van der Waals surface area (Å²) in [5.41, 5.74) is 5.41. The van der Waals surface area contributed by atoms with Crippen molar-refractivity contribution < 1.29 is 10.0 Å². The molecule has 1 heterocycles. The molecule has 0 aliphatic heterocycles. The van der Waals surface area contributed by atoms with Crippen molar-refractivity contribution in [2.45, 2.75) is 26.3 Å². The molecule has 1 rings (SSSR count). The number of carbonyl (C=O) groups is 1. The summed E-state index contributed by atoms with van der Waals surface area (Å²) in [6.45, 7) is 3.69. The van der Waals surface area contributed by atoms with Gasteiger partial charge >= 0.3 is 0 Å². The quantitative estimate of drug-likeness (QED) is 0.364. The molecule has 0 saturated heterocycles. The summed E-state index contributed by atoms with van der Waals surface area (Å²) in [6.07, 6.45) is 1.89. The second-order valence-electron chi connectivity index (χ2n) is 3.80. The standard InChI is InChI=1S/C10H16N4O2S/c1-6(4-9(11)13-16)14(3)10(15)8-5-12-7(2)17-8/h5-6,16H,4H2,1-3H3,(H2,11,13). The van der Waals surface area contributed by atoms with Crippen LogP contribution in [-0.2, 0) is 0 Å². The molecule has 6 nitrogen and oxygen atoms in total. The second-order valence-corrected chi connectivity index (χ2v) is 5.04. The molecule has 0 spiro atoms. The summed E-state index contributed by atoms with van der Waals surface area (Å²) in [7, 11) is 1.69. The highest BCUT2D eigenvalue weighted by molar-refractivity contribution is 7.13. The Kier molecular flexibility index (Phi) is 4.45. The maximum atomic E-state index is 12.0.